The van der Waals surface area contributed by atoms with Crippen LogP contribution >= 0.6 is 0 Å². The van der Waals surface area contributed by atoms with Crippen molar-refractivity contribution in [3.63, 3.8) is 0 Å². The van der Waals surface area contributed by atoms with Crippen molar-refractivity contribution in [1.82, 2.24) is 5.32 Å². The maximum absolute atomic E-state index is 13.3. The van der Waals surface area contributed by atoms with Crippen LogP contribution in [0.5, 0.6) is 5.75 Å². The highest BCUT2D eigenvalue weighted by atomic mass is 16.5. The van der Waals surface area contributed by atoms with Crippen LogP contribution in [-0.4, -0.2) is 24.5 Å². The van der Waals surface area contributed by atoms with Crippen molar-refractivity contribution >= 4 is 17.5 Å². The van der Waals surface area contributed by atoms with Gasteiger partial charge in [-0.3, -0.25) is 14.5 Å². The summed E-state index contributed by atoms with van der Waals surface area (Å²) in [6.45, 7) is 2.83. The van der Waals surface area contributed by atoms with E-state index in [-0.39, 0.29) is 11.8 Å². The number of nitrogens with zero attached hydrogens (tertiary/aromatic N) is 1. The standard InChI is InChI=1S/C25H24N2O3/c1-2-30-23-15-9-7-13-20(23)17-26-24(28)22-16-19-12-6-8-14-21(19)27(22)25(29)18-10-4-3-5-11-18/h3-15,22H,2,16-17H2,1H3,(H,26,28)/t22-/m0/s1. The van der Waals surface area contributed by atoms with Gasteiger partial charge in [-0.25, -0.2) is 0 Å². The Morgan fingerprint density at radius 3 is 2.47 bits per heavy atom. The molecule has 0 aliphatic carbocycles. The average molecular weight is 400 g/mol. The lowest BCUT2D eigenvalue weighted by Gasteiger charge is -2.25. The van der Waals surface area contributed by atoms with Crippen molar-refractivity contribution < 1.29 is 14.3 Å². The van der Waals surface area contributed by atoms with Crippen molar-refractivity contribution in [2.75, 3.05) is 11.5 Å². The number of carbonyl (C=O) groups excluding carboxylic acids is 2. The first-order chi connectivity index (χ1) is 14.7. The Bertz CT molecular complexity index is 1050. The minimum Gasteiger partial charge on any atom is -0.494 e. The molecular weight excluding hydrogens is 376 g/mol. The topological polar surface area (TPSA) is 58.6 Å². The second-order valence-electron chi connectivity index (χ2n) is 7.15. The van der Waals surface area contributed by atoms with Crippen LogP contribution in [0.1, 0.15) is 28.4 Å². The van der Waals surface area contributed by atoms with Gasteiger partial charge >= 0.3 is 0 Å². The molecule has 152 valence electrons. The number of anilines is 1. The molecule has 3 aromatic carbocycles. The zero-order valence-electron chi connectivity index (χ0n) is 16.9. The first kappa shape index (κ1) is 19.7. The molecule has 2 amide bonds. The van der Waals surface area contributed by atoms with Crippen LogP contribution in [0.4, 0.5) is 5.69 Å². The first-order valence-corrected chi connectivity index (χ1v) is 10.1. The molecule has 0 radical (unpaired) electrons. The molecule has 3 aromatic rings. The molecule has 1 atom stereocenters. The fraction of sp³-hybridized carbons (Fsp3) is 0.200. The van der Waals surface area contributed by atoms with Gasteiger partial charge in [-0.1, -0.05) is 54.6 Å². The molecule has 0 unspecified atom stereocenters. The van der Waals surface area contributed by atoms with Crippen LogP contribution in [0, 0.1) is 0 Å². The fourth-order valence-corrected chi connectivity index (χ4v) is 3.81. The normalized spacial score (nSPS) is 14.8. The van der Waals surface area contributed by atoms with Gasteiger partial charge in [0.25, 0.3) is 5.91 Å². The van der Waals surface area contributed by atoms with E-state index in [0.29, 0.717) is 25.1 Å². The summed E-state index contributed by atoms with van der Waals surface area (Å²) in [7, 11) is 0. The van der Waals surface area contributed by atoms with Crippen LogP contribution in [0.15, 0.2) is 78.9 Å². The molecule has 1 heterocycles. The summed E-state index contributed by atoms with van der Waals surface area (Å²) in [4.78, 5) is 28.0. The van der Waals surface area contributed by atoms with E-state index >= 15 is 0 Å². The average Bonchev–Trinajstić information content (AvgIpc) is 3.18. The molecular formula is C25H24N2O3. The van der Waals surface area contributed by atoms with Crippen molar-refractivity contribution in [2.24, 2.45) is 0 Å². The van der Waals surface area contributed by atoms with Crippen molar-refractivity contribution in [1.29, 1.82) is 0 Å². The summed E-state index contributed by atoms with van der Waals surface area (Å²) in [5, 5.41) is 3.00. The van der Waals surface area contributed by atoms with Crippen LogP contribution in [0.2, 0.25) is 0 Å². The third-order valence-electron chi connectivity index (χ3n) is 5.24. The van der Waals surface area contributed by atoms with E-state index in [1.165, 1.54) is 0 Å². The quantitative estimate of drug-likeness (QED) is 0.681. The molecule has 0 spiro atoms. The number of benzene rings is 3. The Hall–Kier alpha value is -3.60. The molecule has 0 saturated heterocycles. The Kier molecular flexibility index (Phi) is 5.80. The summed E-state index contributed by atoms with van der Waals surface area (Å²) in [5.41, 5.74) is 3.26. The van der Waals surface area contributed by atoms with Gasteiger partial charge < -0.3 is 10.1 Å². The fourth-order valence-electron chi connectivity index (χ4n) is 3.81. The van der Waals surface area contributed by atoms with Gasteiger partial charge in [0.05, 0.1) is 6.61 Å². The molecule has 1 N–H and O–H groups in total. The van der Waals surface area contributed by atoms with Crippen LogP contribution in [0.3, 0.4) is 0 Å². The lowest BCUT2D eigenvalue weighted by Crippen LogP contribution is -2.48. The molecule has 1 aliphatic rings. The summed E-state index contributed by atoms with van der Waals surface area (Å²) in [5.74, 6) is 0.407. The van der Waals surface area contributed by atoms with Gasteiger partial charge in [0, 0.05) is 29.8 Å². The molecule has 5 heteroatoms. The van der Waals surface area contributed by atoms with Crippen LogP contribution in [-0.2, 0) is 17.8 Å². The van der Waals surface area contributed by atoms with Crippen LogP contribution < -0.4 is 15.0 Å². The maximum atomic E-state index is 13.3. The van der Waals surface area contributed by atoms with E-state index in [1.807, 2.05) is 73.7 Å². The molecule has 0 bridgehead atoms. The summed E-state index contributed by atoms with van der Waals surface area (Å²) in [6, 6.07) is 23.8. The number of hydrogen-bond donors (Lipinski definition) is 1. The van der Waals surface area contributed by atoms with Crippen LogP contribution in [0.25, 0.3) is 0 Å². The largest absolute Gasteiger partial charge is 0.494 e. The minimum absolute atomic E-state index is 0.171. The van der Waals surface area contributed by atoms with Crippen molar-refractivity contribution in [2.45, 2.75) is 25.9 Å². The van der Waals surface area contributed by atoms with Gasteiger partial charge in [-0.2, -0.15) is 0 Å². The van der Waals surface area contributed by atoms with Gasteiger partial charge in [0.2, 0.25) is 5.91 Å². The Morgan fingerprint density at radius 1 is 0.967 bits per heavy atom. The number of fused-ring (bicyclic) bond motifs is 1. The molecule has 0 aromatic heterocycles. The number of nitrogens with one attached hydrogen (secondary N) is 1. The molecule has 4 rings (SSSR count). The number of ether oxygens (including phenoxy) is 1. The number of para-hydroxylation sites is 2. The predicted octanol–water partition coefficient (Wildman–Crippen LogP) is 3.97. The van der Waals surface area contributed by atoms with Gasteiger partial charge in [-0.15, -0.1) is 0 Å². The van der Waals surface area contributed by atoms with E-state index < -0.39 is 6.04 Å². The van der Waals surface area contributed by atoms with Crippen molar-refractivity contribution in [3.8, 4) is 5.75 Å². The SMILES string of the molecule is CCOc1ccccc1CNC(=O)[C@@H]1Cc2ccccc2N1C(=O)c1ccccc1. The zero-order chi connectivity index (χ0) is 20.9. The van der Waals surface area contributed by atoms with E-state index in [9.17, 15) is 9.59 Å². The molecule has 5 nitrogen and oxygen atoms in total. The molecule has 0 saturated carbocycles. The van der Waals surface area contributed by atoms with Gasteiger partial charge in [0.1, 0.15) is 11.8 Å². The molecule has 1 aliphatic heterocycles. The highest BCUT2D eigenvalue weighted by Crippen LogP contribution is 2.33. The lowest BCUT2D eigenvalue weighted by atomic mass is 10.1. The summed E-state index contributed by atoms with van der Waals surface area (Å²) in [6.07, 6.45) is 0.494. The molecule has 0 fully saturated rings. The van der Waals surface area contributed by atoms with E-state index in [4.69, 9.17) is 4.74 Å². The maximum Gasteiger partial charge on any atom is 0.259 e. The minimum atomic E-state index is -0.589. The van der Waals surface area contributed by atoms with E-state index in [2.05, 4.69) is 5.32 Å². The number of carbonyl (C=O) groups is 2. The number of amides is 2. The number of rotatable bonds is 6. The van der Waals surface area contributed by atoms with E-state index in [0.717, 1.165) is 22.6 Å². The second-order valence-corrected chi connectivity index (χ2v) is 7.15. The van der Waals surface area contributed by atoms with Gasteiger partial charge in [-0.05, 0) is 36.8 Å². The summed E-state index contributed by atoms with van der Waals surface area (Å²) < 4.78 is 5.65. The van der Waals surface area contributed by atoms with Gasteiger partial charge in [0.15, 0.2) is 0 Å². The first-order valence-electron chi connectivity index (χ1n) is 10.1. The Labute approximate surface area is 176 Å². The third-order valence-corrected chi connectivity index (χ3v) is 5.24. The Morgan fingerprint density at radius 2 is 1.67 bits per heavy atom. The smallest absolute Gasteiger partial charge is 0.259 e. The Balaban J connectivity index is 1.56. The lowest BCUT2D eigenvalue weighted by molar-refractivity contribution is -0.122. The monoisotopic (exact) mass is 400 g/mol. The molecule has 30 heavy (non-hydrogen) atoms. The third kappa shape index (κ3) is 3.92. The van der Waals surface area contributed by atoms with E-state index in [1.54, 1.807) is 17.0 Å². The second kappa shape index (κ2) is 8.82. The van der Waals surface area contributed by atoms with Crippen molar-refractivity contribution in [3.05, 3.63) is 95.6 Å². The highest BCUT2D eigenvalue weighted by molar-refractivity contribution is 6.11. The highest BCUT2D eigenvalue weighted by Gasteiger charge is 2.38. The zero-order valence-corrected chi connectivity index (χ0v) is 16.9. The summed E-state index contributed by atoms with van der Waals surface area (Å²) >= 11 is 0. The number of hydrogen-bond acceptors (Lipinski definition) is 3. The predicted molar refractivity (Wildman–Crippen MR) is 117 cm³/mol.